The van der Waals surface area contributed by atoms with Crippen LogP contribution in [0.1, 0.15) is 32.9 Å². The fourth-order valence-electron chi connectivity index (χ4n) is 5.07. The van der Waals surface area contributed by atoms with Crippen LogP contribution in [0.2, 0.25) is 10.0 Å². The third kappa shape index (κ3) is 7.68. The van der Waals surface area contributed by atoms with Crippen LogP contribution >= 0.6 is 23.2 Å². The van der Waals surface area contributed by atoms with Crippen molar-refractivity contribution in [2.45, 2.75) is 19.1 Å². The molecule has 0 radical (unpaired) electrons. The van der Waals surface area contributed by atoms with Gasteiger partial charge in [-0.25, -0.2) is 9.78 Å². The van der Waals surface area contributed by atoms with Gasteiger partial charge in [0, 0.05) is 29.7 Å². The Hall–Kier alpha value is -5.05. The lowest BCUT2D eigenvalue weighted by atomic mass is 10.0. The highest BCUT2D eigenvalue weighted by Crippen LogP contribution is 2.33. The van der Waals surface area contributed by atoms with E-state index in [0.717, 1.165) is 45.8 Å². The van der Waals surface area contributed by atoms with E-state index in [1.807, 2.05) is 53.2 Å². The summed E-state index contributed by atoms with van der Waals surface area (Å²) in [6, 6.07) is 32.0. The first kappa shape index (κ1) is 31.9. The van der Waals surface area contributed by atoms with Crippen LogP contribution in [0.4, 0.5) is 13.2 Å². The van der Waals surface area contributed by atoms with Crippen LogP contribution in [0.15, 0.2) is 121 Å². The van der Waals surface area contributed by atoms with E-state index in [2.05, 4.69) is 0 Å². The first-order chi connectivity index (χ1) is 22.5. The molecule has 0 saturated carbocycles. The van der Waals surface area contributed by atoms with Crippen molar-refractivity contribution in [2.75, 3.05) is 0 Å². The number of imidazole rings is 1. The van der Waals surface area contributed by atoms with Gasteiger partial charge in [-0.15, -0.1) is 0 Å². The second-order valence-corrected chi connectivity index (χ2v) is 11.7. The largest absolute Gasteiger partial charge is 0.478 e. The number of carboxylic acid groups (broad SMARTS) is 1. The lowest BCUT2D eigenvalue weighted by molar-refractivity contribution is -0.137. The van der Waals surface area contributed by atoms with E-state index in [0.29, 0.717) is 40.2 Å². The van der Waals surface area contributed by atoms with Crippen LogP contribution in [0, 0.1) is 0 Å². The van der Waals surface area contributed by atoms with Gasteiger partial charge in [0.25, 0.3) is 0 Å². The maximum atomic E-state index is 12.8. The van der Waals surface area contributed by atoms with Crippen LogP contribution in [-0.4, -0.2) is 20.6 Å². The fraction of sp³-hybridized carbons (Fsp3) is 0.0811. The third-order valence-corrected chi connectivity index (χ3v) is 8.09. The van der Waals surface area contributed by atoms with Gasteiger partial charge in [-0.05, 0) is 89.0 Å². The molecule has 236 valence electrons. The SMILES string of the molecule is O=C(O)c1ccc(Cn2cc(-c3ccc(Cl)cc3Cl)nc2Cc2ccc(-c3ccc(Oc4ccc(C(F)(F)F)cc4)cc3)cc2)cc1. The van der Waals surface area contributed by atoms with Gasteiger partial charge < -0.3 is 14.4 Å². The fourth-order valence-corrected chi connectivity index (χ4v) is 5.58. The quantitative estimate of drug-likeness (QED) is 0.166. The summed E-state index contributed by atoms with van der Waals surface area (Å²) in [7, 11) is 0. The lowest BCUT2D eigenvalue weighted by Crippen LogP contribution is -2.05. The average molecular weight is 674 g/mol. The van der Waals surface area contributed by atoms with Crippen molar-refractivity contribution in [2.24, 2.45) is 0 Å². The van der Waals surface area contributed by atoms with Crippen LogP contribution in [0.5, 0.6) is 11.5 Å². The smallest absolute Gasteiger partial charge is 0.416 e. The summed E-state index contributed by atoms with van der Waals surface area (Å²) in [5.41, 5.74) is 4.80. The molecule has 1 heterocycles. The van der Waals surface area contributed by atoms with Crippen molar-refractivity contribution < 1.29 is 27.8 Å². The molecule has 0 aliphatic carbocycles. The Bertz CT molecular complexity index is 2020. The first-order valence-electron chi connectivity index (χ1n) is 14.4. The minimum atomic E-state index is -4.40. The summed E-state index contributed by atoms with van der Waals surface area (Å²) >= 11 is 12.6. The molecule has 0 aliphatic heterocycles. The number of aromatic carboxylic acids is 1. The standard InChI is InChI=1S/C37H25Cl2F3N2O3/c38-29-13-18-32(33(39)20-29)34-22-44(21-24-3-7-27(8-4-24)36(45)46)35(43-34)19-23-1-5-25(6-2-23)26-9-14-30(15-10-26)47-31-16-11-28(12-17-31)37(40,41)42/h1-18,20,22H,19,21H2,(H,45,46). The van der Waals surface area contributed by atoms with Gasteiger partial charge in [0.2, 0.25) is 0 Å². The molecule has 0 aliphatic rings. The van der Waals surface area contributed by atoms with Crippen molar-refractivity contribution in [1.29, 1.82) is 0 Å². The summed E-state index contributed by atoms with van der Waals surface area (Å²) in [6.45, 7) is 0.479. The van der Waals surface area contributed by atoms with Crippen molar-refractivity contribution >= 4 is 29.2 Å². The van der Waals surface area contributed by atoms with Crippen molar-refractivity contribution in [3.63, 3.8) is 0 Å². The van der Waals surface area contributed by atoms with Gasteiger partial charge in [-0.2, -0.15) is 13.2 Å². The van der Waals surface area contributed by atoms with E-state index in [4.69, 9.17) is 32.9 Å². The number of hydrogen-bond acceptors (Lipinski definition) is 3. The average Bonchev–Trinajstić information content (AvgIpc) is 3.43. The van der Waals surface area contributed by atoms with E-state index in [1.54, 1.807) is 48.5 Å². The summed E-state index contributed by atoms with van der Waals surface area (Å²) in [6.07, 6.45) is -1.94. The highest BCUT2D eigenvalue weighted by molar-refractivity contribution is 6.36. The second-order valence-electron chi connectivity index (χ2n) is 10.8. The molecule has 5 nitrogen and oxygen atoms in total. The van der Waals surface area contributed by atoms with E-state index < -0.39 is 17.7 Å². The summed E-state index contributed by atoms with van der Waals surface area (Å²) in [4.78, 5) is 16.2. The zero-order valence-corrected chi connectivity index (χ0v) is 26.0. The molecule has 0 atom stereocenters. The number of rotatable bonds is 9. The molecule has 6 rings (SSSR count). The molecule has 1 aromatic heterocycles. The highest BCUT2D eigenvalue weighted by Gasteiger charge is 2.30. The number of nitrogens with zero attached hydrogens (tertiary/aromatic N) is 2. The van der Waals surface area contributed by atoms with Crippen molar-refractivity contribution in [1.82, 2.24) is 9.55 Å². The maximum Gasteiger partial charge on any atom is 0.416 e. The zero-order valence-electron chi connectivity index (χ0n) is 24.5. The molecule has 0 fully saturated rings. The van der Waals surface area contributed by atoms with Gasteiger partial charge in [0.05, 0.1) is 21.8 Å². The normalized spacial score (nSPS) is 11.4. The van der Waals surface area contributed by atoms with Gasteiger partial charge in [-0.3, -0.25) is 0 Å². The van der Waals surface area contributed by atoms with E-state index in [9.17, 15) is 23.1 Å². The lowest BCUT2D eigenvalue weighted by Gasteiger charge is -2.10. The number of aromatic nitrogens is 2. The monoisotopic (exact) mass is 672 g/mol. The highest BCUT2D eigenvalue weighted by atomic mass is 35.5. The molecule has 47 heavy (non-hydrogen) atoms. The molecule has 6 aromatic rings. The number of ether oxygens (including phenoxy) is 1. The number of carboxylic acids is 1. The molecule has 1 N–H and O–H groups in total. The Morgan fingerprint density at radius 2 is 1.34 bits per heavy atom. The van der Waals surface area contributed by atoms with Crippen LogP contribution in [-0.2, 0) is 19.1 Å². The van der Waals surface area contributed by atoms with Gasteiger partial charge >= 0.3 is 12.1 Å². The zero-order chi connectivity index (χ0) is 33.1. The molecule has 0 amide bonds. The van der Waals surface area contributed by atoms with E-state index in [-0.39, 0.29) is 5.56 Å². The molecule has 0 saturated heterocycles. The molecule has 10 heteroatoms. The van der Waals surface area contributed by atoms with Crippen LogP contribution in [0.25, 0.3) is 22.4 Å². The van der Waals surface area contributed by atoms with E-state index >= 15 is 0 Å². The van der Waals surface area contributed by atoms with Crippen LogP contribution < -0.4 is 4.74 Å². The van der Waals surface area contributed by atoms with Crippen LogP contribution in [0.3, 0.4) is 0 Å². The minimum absolute atomic E-state index is 0.217. The second kappa shape index (κ2) is 13.4. The van der Waals surface area contributed by atoms with Gasteiger partial charge in [0.1, 0.15) is 17.3 Å². The Kier molecular flexibility index (Phi) is 9.07. The van der Waals surface area contributed by atoms with E-state index in [1.165, 1.54) is 12.1 Å². The minimum Gasteiger partial charge on any atom is -0.478 e. The molecular weight excluding hydrogens is 648 g/mol. The molecule has 0 unspecified atom stereocenters. The predicted molar refractivity (Wildman–Crippen MR) is 176 cm³/mol. The Balaban J connectivity index is 1.19. The number of hydrogen-bond donors (Lipinski definition) is 1. The number of alkyl halides is 3. The molecular formula is C37H25Cl2F3N2O3. The van der Waals surface area contributed by atoms with Gasteiger partial charge in [0.15, 0.2) is 0 Å². The summed E-state index contributed by atoms with van der Waals surface area (Å²) < 4.78 is 46.3. The Labute approximate surface area is 278 Å². The summed E-state index contributed by atoms with van der Waals surface area (Å²) in [5, 5.41) is 10.3. The number of halogens is 5. The molecule has 0 bridgehead atoms. The van der Waals surface area contributed by atoms with Crippen molar-refractivity contribution in [3.8, 4) is 33.9 Å². The third-order valence-electron chi connectivity index (χ3n) is 7.54. The van der Waals surface area contributed by atoms with Crippen molar-refractivity contribution in [3.05, 3.63) is 160 Å². The Morgan fingerprint density at radius 3 is 1.91 bits per heavy atom. The summed E-state index contributed by atoms with van der Waals surface area (Å²) in [5.74, 6) is 0.634. The molecule has 5 aromatic carbocycles. The first-order valence-corrected chi connectivity index (χ1v) is 15.2. The molecule has 0 spiro atoms. The number of benzene rings is 5. The maximum absolute atomic E-state index is 12.8. The Morgan fingerprint density at radius 1 is 0.766 bits per heavy atom. The predicted octanol–water partition coefficient (Wildman–Crippen LogP) is 10.7. The number of carbonyl (C=O) groups is 1. The van der Waals surface area contributed by atoms with Gasteiger partial charge in [-0.1, -0.05) is 71.7 Å². The topological polar surface area (TPSA) is 64.3 Å².